The Kier molecular flexibility index (Phi) is 7.40. The number of rotatable bonds is 8. The van der Waals surface area contributed by atoms with Crippen LogP contribution in [0.1, 0.15) is 45.6 Å². The molecule has 0 radical (unpaired) electrons. The van der Waals surface area contributed by atoms with Crippen LogP contribution in [0.3, 0.4) is 0 Å². The lowest BCUT2D eigenvalue weighted by molar-refractivity contribution is 0.352. The van der Waals surface area contributed by atoms with Crippen molar-refractivity contribution in [1.82, 2.24) is 5.32 Å². The molecule has 0 saturated carbocycles. The second-order valence-electron chi connectivity index (χ2n) is 5.28. The Morgan fingerprint density at radius 1 is 1.26 bits per heavy atom. The molecule has 0 fully saturated rings. The highest BCUT2D eigenvalue weighted by atomic mass is 35.5. The molecule has 0 aliphatic carbocycles. The van der Waals surface area contributed by atoms with Crippen molar-refractivity contribution in [3.05, 3.63) is 34.6 Å². The molecule has 0 aromatic heterocycles. The SMILES string of the molecule is CCCNC(Cc1ccc(F)c(Cl)c1)C(C)CCC. The molecule has 1 aromatic rings. The standard InChI is InChI=1S/C16H25ClFN/c1-4-6-12(3)16(19-9-5-2)11-13-7-8-15(18)14(17)10-13/h7-8,10,12,16,19H,4-6,9,11H2,1-3H3. The molecule has 0 bridgehead atoms. The minimum absolute atomic E-state index is 0.217. The molecule has 1 N–H and O–H groups in total. The van der Waals surface area contributed by atoms with Crippen molar-refractivity contribution in [2.24, 2.45) is 5.92 Å². The minimum atomic E-state index is -0.343. The lowest BCUT2D eigenvalue weighted by Crippen LogP contribution is -2.37. The first-order chi connectivity index (χ1) is 9.08. The fourth-order valence-electron chi connectivity index (χ4n) is 2.38. The molecule has 0 aliphatic heterocycles. The molecule has 0 spiro atoms. The van der Waals surface area contributed by atoms with Crippen molar-refractivity contribution >= 4 is 11.6 Å². The van der Waals surface area contributed by atoms with E-state index in [2.05, 4.69) is 26.1 Å². The Morgan fingerprint density at radius 2 is 2.00 bits per heavy atom. The van der Waals surface area contributed by atoms with Gasteiger partial charge in [-0.05, 0) is 49.4 Å². The topological polar surface area (TPSA) is 12.0 Å². The van der Waals surface area contributed by atoms with Crippen LogP contribution >= 0.6 is 11.6 Å². The highest BCUT2D eigenvalue weighted by Crippen LogP contribution is 2.20. The lowest BCUT2D eigenvalue weighted by Gasteiger charge is -2.25. The van der Waals surface area contributed by atoms with Gasteiger partial charge < -0.3 is 5.32 Å². The van der Waals surface area contributed by atoms with Crippen LogP contribution in [0.4, 0.5) is 4.39 Å². The molecular weight excluding hydrogens is 261 g/mol. The van der Waals surface area contributed by atoms with E-state index in [0.717, 1.165) is 24.9 Å². The number of hydrogen-bond donors (Lipinski definition) is 1. The number of benzene rings is 1. The zero-order valence-electron chi connectivity index (χ0n) is 12.2. The van der Waals surface area contributed by atoms with Crippen molar-refractivity contribution in [2.75, 3.05) is 6.54 Å². The van der Waals surface area contributed by atoms with E-state index in [0.29, 0.717) is 12.0 Å². The normalized spacial score (nSPS) is 14.4. The zero-order chi connectivity index (χ0) is 14.3. The molecule has 2 unspecified atom stereocenters. The summed E-state index contributed by atoms with van der Waals surface area (Å²) in [5.41, 5.74) is 1.10. The molecule has 0 amide bonds. The van der Waals surface area contributed by atoms with Gasteiger partial charge in [0.1, 0.15) is 5.82 Å². The molecule has 3 heteroatoms. The quantitative estimate of drug-likeness (QED) is 0.722. The van der Waals surface area contributed by atoms with E-state index in [1.54, 1.807) is 6.07 Å². The second kappa shape index (κ2) is 8.55. The predicted octanol–water partition coefficient (Wildman–Crippen LogP) is 4.83. The molecule has 108 valence electrons. The predicted molar refractivity (Wildman–Crippen MR) is 81.3 cm³/mol. The summed E-state index contributed by atoms with van der Waals surface area (Å²) in [4.78, 5) is 0. The van der Waals surface area contributed by atoms with Crippen LogP contribution in [0.2, 0.25) is 5.02 Å². The van der Waals surface area contributed by atoms with Gasteiger partial charge in [0, 0.05) is 6.04 Å². The van der Waals surface area contributed by atoms with E-state index < -0.39 is 0 Å². The van der Waals surface area contributed by atoms with Crippen molar-refractivity contribution < 1.29 is 4.39 Å². The monoisotopic (exact) mass is 285 g/mol. The van der Waals surface area contributed by atoms with Gasteiger partial charge in [0.15, 0.2) is 0 Å². The van der Waals surface area contributed by atoms with Gasteiger partial charge in [-0.1, -0.05) is 44.9 Å². The van der Waals surface area contributed by atoms with Gasteiger partial charge in [-0.2, -0.15) is 0 Å². The molecule has 0 aliphatic rings. The van der Waals surface area contributed by atoms with Crippen molar-refractivity contribution in [1.29, 1.82) is 0 Å². The summed E-state index contributed by atoms with van der Waals surface area (Å²) in [6.07, 6.45) is 4.42. The summed E-state index contributed by atoms with van der Waals surface area (Å²) < 4.78 is 13.2. The summed E-state index contributed by atoms with van der Waals surface area (Å²) in [6, 6.07) is 5.47. The van der Waals surface area contributed by atoms with Gasteiger partial charge >= 0.3 is 0 Å². The molecule has 1 rings (SSSR count). The third-order valence-electron chi connectivity index (χ3n) is 3.53. The first-order valence-electron chi connectivity index (χ1n) is 7.25. The molecule has 19 heavy (non-hydrogen) atoms. The molecule has 0 heterocycles. The lowest BCUT2D eigenvalue weighted by atomic mass is 9.91. The summed E-state index contributed by atoms with van der Waals surface area (Å²) in [5.74, 6) is 0.269. The van der Waals surface area contributed by atoms with Gasteiger partial charge in [-0.25, -0.2) is 4.39 Å². The van der Waals surface area contributed by atoms with E-state index in [4.69, 9.17) is 11.6 Å². The molecule has 0 saturated heterocycles. The van der Waals surface area contributed by atoms with Crippen LogP contribution in [-0.2, 0) is 6.42 Å². The third-order valence-corrected chi connectivity index (χ3v) is 3.82. The fourth-order valence-corrected chi connectivity index (χ4v) is 2.58. The Balaban J connectivity index is 2.71. The average Bonchev–Trinajstić information content (AvgIpc) is 2.39. The number of halogens is 2. The third kappa shape index (κ3) is 5.50. The number of hydrogen-bond acceptors (Lipinski definition) is 1. The second-order valence-corrected chi connectivity index (χ2v) is 5.69. The average molecular weight is 286 g/mol. The smallest absolute Gasteiger partial charge is 0.141 e. The van der Waals surface area contributed by atoms with Crippen molar-refractivity contribution in [3.8, 4) is 0 Å². The van der Waals surface area contributed by atoms with Crippen molar-refractivity contribution in [2.45, 2.75) is 52.5 Å². The highest BCUT2D eigenvalue weighted by Gasteiger charge is 2.16. The van der Waals surface area contributed by atoms with Crippen molar-refractivity contribution in [3.63, 3.8) is 0 Å². The van der Waals surface area contributed by atoms with E-state index >= 15 is 0 Å². The maximum Gasteiger partial charge on any atom is 0.141 e. The Hall–Kier alpha value is -0.600. The molecule has 2 atom stereocenters. The van der Waals surface area contributed by atoms with Crippen LogP contribution in [0, 0.1) is 11.7 Å². The molecular formula is C16H25ClFN. The summed E-state index contributed by atoms with van der Waals surface area (Å²) in [7, 11) is 0. The Labute approximate surface area is 121 Å². The maximum absolute atomic E-state index is 13.2. The summed E-state index contributed by atoms with van der Waals surface area (Å²) in [6.45, 7) is 7.68. The largest absolute Gasteiger partial charge is 0.313 e. The van der Waals surface area contributed by atoms with Crippen LogP contribution < -0.4 is 5.32 Å². The summed E-state index contributed by atoms with van der Waals surface area (Å²) >= 11 is 5.85. The highest BCUT2D eigenvalue weighted by molar-refractivity contribution is 6.30. The van der Waals surface area contributed by atoms with Crippen LogP contribution in [0.5, 0.6) is 0 Å². The first-order valence-corrected chi connectivity index (χ1v) is 7.63. The van der Waals surface area contributed by atoms with Crippen LogP contribution in [0.15, 0.2) is 18.2 Å². The zero-order valence-corrected chi connectivity index (χ0v) is 12.9. The van der Waals surface area contributed by atoms with Gasteiger partial charge in [0.2, 0.25) is 0 Å². The number of nitrogens with one attached hydrogen (secondary N) is 1. The fraction of sp³-hybridized carbons (Fsp3) is 0.625. The summed E-state index contributed by atoms with van der Waals surface area (Å²) in [5, 5.41) is 3.82. The van der Waals surface area contributed by atoms with Crippen LogP contribution in [-0.4, -0.2) is 12.6 Å². The van der Waals surface area contributed by atoms with E-state index in [-0.39, 0.29) is 10.8 Å². The molecule has 1 nitrogen and oxygen atoms in total. The Morgan fingerprint density at radius 3 is 2.58 bits per heavy atom. The first kappa shape index (κ1) is 16.5. The maximum atomic E-state index is 13.2. The van der Waals surface area contributed by atoms with Crippen LogP contribution in [0.25, 0.3) is 0 Å². The van der Waals surface area contributed by atoms with Gasteiger partial charge in [-0.15, -0.1) is 0 Å². The molecule has 1 aromatic carbocycles. The van der Waals surface area contributed by atoms with Gasteiger partial charge in [-0.3, -0.25) is 0 Å². The van der Waals surface area contributed by atoms with Gasteiger partial charge in [0.05, 0.1) is 5.02 Å². The van der Waals surface area contributed by atoms with E-state index in [9.17, 15) is 4.39 Å². The van der Waals surface area contributed by atoms with E-state index in [1.165, 1.54) is 18.9 Å². The van der Waals surface area contributed by atoms with E-state index in [1.807, 2.05) is 6.07 Å². The minimum Gasteiger partial charge on any atom is -0.313 e. The van der Waals surface area contributed by atoms with Gasteiger partial charge in [0.25, 0.3) is 0 Å². The Bertz CT molecular complexity index is 381.